The number of Topliss-reactive ketones (excluding diaryl/α,β-unsaturated/α-hetero) is 1. The van der Waals surface area contributed by atoms with Crippen molar-refractivity contribution in [1.82, 2.24) is 9.97 Å². The van der Waals surface area contributed by atoms with Gasteiger partial charge >= 0.3 is 0 Å². The Labute approximate surface area is 176 Å². The molecule has 5 nitrogen and oxygen atoms in total. The van der Waals surface area contributed by atoms with Crippen LogP contribution in [-0.4, -0.2) is 34.0 Å². The van der Waals surface area contributed by atoms with Crippen LogP contribution in [-0.2, 0) is 5.41 Å². The third kappa shape index (κ3) is 3.29. The predicted octanol–water partition coefficient (Wildman–Crippen LogP) is 4.59. The van der Waals surface area contributed by atoms with Gasteiger partial charge in [0, 0.05) is 54.2 Å². The maximum atomic E-state index is 12.5. The lowest BCUT2D eigenvalue weighted by molar-refractivity contribution is 0.0971. The lowest BCUT2D eigenvalue weighted by Crippen LogP contribution is -2.21. The van der Waals surface area contributed by atoms with Crippen molar-refractivity contribution in [2.75, 3.05) is 18.1 Å². The molecular formula is C25H25N3O2. The molecule has 152 valence electrons. The van der Waals surface area contributed by atoms with Crippen LogP contribution in [0.4, 0.5) is 11.6 Å². The minimum absolute atomic E-state index is 0.0348. The number of nitrogens with zero attached hydrogens (tertiary/aromatic N) is 3. The first-order chi connectivity index (χ1) is 14.6. The van der Waals surface area contributed by atoms with Crippen molar-refractivity contribution in [3.63, 3.8) is 0 Å². The van der Waals surface area contributed by atoms with Crippen LogP contribution in [0.25, 0.3) is 11.1 Å². The molecule has 30 heavy (non-hydrogen) atoms. The molecule has 0 amide bonds. The number of carbonyl (C=O) groups excluding carboxylic acids is 1. The van der Waals surface area contributed by atoms with E-state index in [1.54, 1.807) is 0 Å². The van der Waals surface area contributed by atoms with Crippen LogP contribution in [0.1, 0.15) is 47.2 Å². The summed E-state index contributed by atoms with van der Waals surface area (Å²) in [6, 6.07) is 14.3. The molecule has 1 N–H and O–H groups in total. The molecule has 0 bridgehead atoms. The first kappa shape index (κ1) is 18.9. The number of ketones is 1. The van der Waals surface area contributed by atoms with Crippen LogP contribution in [0.3, 0.4) is 0 Å². The Morgan fingerprint density at radius 3 is 2.60 bits per heavy atom. The number of aliphatic hydroxyl groups excluding tert-OH is 1. The van der Waals surface area contributed by atoms with Gasteiger partial charge in [-0.3, -0.25) is 4.79 Å². The number of carbonyl (C=O) groups is 1. The fourth-order valence-corrected chi connectivity index (χ4v) is 4.42. The van der Waals surface area contributed by atoms with Crippen molar-refractivity contribution in [3.05, 3.63) is 71.5 Å². The summed E-state index contributed by atoms with van der Waals surface area (Å²) in [5.74, 6) is 0.746. The number of aliphatic hydroxyl groups is 1. The first-order valence-corrected chi connectivity index (χ1v) is 10.5. The van der Waals surface area contributed by atoms with E-state index in [0.29, 0.717) is 24.4 Å². The molecule has 0 radical (unpaired) electrons. The van der Waals surface area contributed by atoms with Crippen molar-refractivity contribution < 1.29 is 9.90 Å². The number of aryl methyl sites for hydroxylation is 1. The predicted molar refractivity (Wildman–Crippen MR) is 117 cm³/mol. The number of aromatic nitrogens is 2. The van der Waals surface area contributed by atoms with Gasteiger partial charge in [-0.15, -0.1) is 0 Å². The fourth-order valence-electron chi connectivity index (χ4n) is 4.42. The summed E-state index contributed by atoms with van der Waals surface area (Å²) in [6.45, 7) is 2.97. The second kappa shape index (κ2) is 7.33. The molecule has 2 heterocycles. The molecule has 1 fully saturated rings. The van der Waals surface area contributed by atoms with Crippen LogP contribution in [0, 0.1) is 6.92 Å². The van der Waals surface area contributed by atoms with Crippen molar-refractivity contribution in [2.45, 2.75) is 38.0 Å². The summed E-state index contributed by atoms with van der Waals surface area (Å²) in [6.07, 6.45) is 6.94. The number of rotatable bonds is 6. The number of fused-ring (bicyclic) bond motifs is 2. The molecule has 3 aromatic rings. The molecule has 0 atom stereocenters. The normalized spacial score (nSPS) is 16.0. The summed E-state index contributed by atoms with van der Waals surface area (Å²) >= 11 is 0. The number of hydrogen-bond acceptors (Lipinski definition) is 5. The number of benzene rings is 2. The highest BCUT2D eigenvalue weighted by atomic mass is 16.3. The number of hydrogen-bond donors (Lipinski definition) is 1. The zero-order valence-electron chi connectivity index (χ0n) is 17.1. The average Bonchev–Trinajstić information content (AvgIpc) is 3.48. The molecule has 1 aliphatic heterocycles. The maximum Gasteiger partial charge on any atom is 0.229 e. The van der Waals surface area contributed by atoms with Gasteiger partial charge in [0.25, 0.3) is 0 Å². The van der Waals surface area contributed by atoms with E-state index in [0.717, 1.165) is 36.2 Å². The monoisotopic (exact) mass is 399 g/mol. The van der Waals surface area contributed by atoms with Gasteiger partial charge in [0.15, 0.2) is 5.78 Å². The molecule has 1 aromatic heterocycles. The molecule has 5 heteroatoms. The Hall–Kier alpha value is -3.05. The van der Waals surface area contributed by atoms with Crippen molar-refractivity contribution in [3.8, 4) is 11.1 Å². The summed E-state index contributed by atoms with van der Waals surface area (Å²) < 4.78 is 0. The highest BCUT2D eigenvalue weighted by Gasteiger charge is 2.52. The van der Waals surface area contributed by atoms with Crippen molar-refractivity contribution >= 4 is 17.4 Å². The Morgan fingerprint density at radius 1 is 1.10 bits per heavy atom. The minimum Gasteiger partial charge on any atom is -0.396 e. The van der Waals surface area contributed by atoms with Gasteiger partial charge < -0.3 is 10.0 Å². The van der Waals surface area contributed by atoms with E-state index in [1.165, 1.54) is 11.1 Å². The van der Waals surface area contributed by atoms with Crippen LogP contribution in [0.2, 0.25) is 0 Å². The van der Waals surface area contributed by atoms with Crippen LogP contribution < -0.4 is 4.90 Å². The summed E-state index contributed by atoms with van der Waals surface area (Å²) in [7, 11) is 0. The summed E-state index contributed by atoms with van der Waals surface area (Å²) in [5, 5.41) is 9.03. The van der Waals surface area contributed by atoms with E-state index in [-0.39, 0.29) is 17.8 Å². The molecule has 5 rings (SSSR count). The van der Waals surface area contributed by atoms with E-state index >= 15 is 0 Å². The van der Waals surface area contributed by atoms with Gasteiger partial charge in [0.05, 0.1) is 0 Å². The van der Waals surface area contributed by atoms with Crippen LogP contribution >= 0.6 is 0 Å². The van der Waals surface area contributed by atoms with E-state index in [1.807, 2.05) is 30.6 Å². The van der Waals surface area contributed by atoms with Gasteiger partial charge in [-0.1, -0.05) is 42.0 Å². The second-order valence-electron chi connectivity index (χ2n) is 8.49. The van der Waals surface area contributed by atoms with Gasteiger partial charge in [0.2, 0.25) is 5.95 Å². The van der Waals surface area contributed by atoms with E-state index in [9.17, 15) is 4.79 Å². The third-order valence-corrected chi connectivity index (χ3v) is 6.29. The Morgan fingerprint density at radius 2 is 1.90 bits per heavy atom. The van der Waals surface area contributed by atoms with Crippen molar-refractivity contribution in [2.24, 2.45) is 0 Å². The third-order valence-electron chi connectivity index (χ3n) is 6.29. The highest BCUT2D eigenvalue weighted by Crippen LogP contribution is 2.57. The Bertz CT molecular complexity index is 1100. The Balaban J connectivity index is 1.47. The Kier molecular flexibility index (Phi) is 4.63. The van der Waals surface area contributed by atoms with Crippen LogP contribution in [0.5, 0.6) is 0 Å². The van der Waals surface area contributed by atoms with Gasteiger partial charge in [-0.2, -0.15) is 0 Å². The molecule has 1 spiro atoms. The van der Waals surface area contributed by atoms with Gasteiger partial charge in [-0.25, -0.2) is 9.97 Å². The lowest BCUT2D eigenvalue weighted by atomic mass is 9.96. The van der Waals surface area contributed by atoms with Crippen molar-refractivity contribution in [1.29, 1.82) is 0 Å². The lowest BCUT2D eigenvalue weighted by Gasteiger charge is -2.18. The molecule has 1 aliphatic carbocycles. The zero-order chi connectivity index (χ0) is 20.7. The van der Waals surface area contributed by atoms with Gasteiger partial charge in [0.1, 0.15) is 0 Å². The molecule has 0 saturated heterocycles. The smallest absolute Gasteiger partial charge is 0.229 e. The standard InChI is InChI=1S/C25H25N3O2/c1-17-4-2-5-18(12-17)20-14-26-24(27-15-20)28-16-25(9-10-25)21-8-7-19(13-22(21)28)23(30)6-3-11-29/h2,4-5,7-8,12-15,29H,3,6,9-11,16H2,1H3. The average molecular weight is 399 g/mol. The largest absolute Gasteiger partial charge is 0.396 e. The SMILES string of the molecule is Cc1cccc(-c2cnc(N3CC4(CC4)c4ccc(C(=O)CCCO)cc43)nc2)c1. The summed E-state index contributed by atoms with van der Waals surface area (Å²) in [4.78, 5) is 24.0. The topological polar surface area (TPSA) is 66.3 Å². The van der Waals surface area contributed by atoms with E-state index < -0.39 is 0 Å². The highest BCUT2D eigenvalue weighted by molar-refractivity contribution is 5.97. The second-order valence-corrected chi connectivity index (χ2v) is 8.49. The fraction of sp³-hybridized carbons (Fsp3) is 0.320. The molecule has 2 aromatic carbocycles. The summed E-state index contributed by atoms with van der Waals surface area (Å²) in [5.41, 5.74) is 6.54. The first-order valence-electron chi connectivity index (χ1n) is 10.5. The molecule has 2 aliphatic rings. The number of anilines is 2. The van der Waals surface area contributed by atoms with Gasteiger partial charge in [-0.05, 0) is 43.4 Å². The van der Waals surface area contributed by atoms with E-state index in [2.05, 4.69) is 46.1 Å². The maximum absolute atomic E-state index is 12.5. The van der Waals surface area contributed by atoms with Crippen LogP contribution in [0.15, 0.2) is 54.9 Å². The molecule has 0 unspecified atom stereocenters. The van der Waals surface area contributed by atoms with E-state index in [4.69, 9.17) is 5.11 Å². The molecular weight excluding hydrogens is 374 g/mol. The quantitative estimate of drug-likeness (QED) is 0.614. The minimum atomic E-state index is 0.0348. The zero-order valence-corrected chi connectivity index (χ0v) is 17.1. The molecule has 1 saturated carbocycles.